The van der Waals surface area contributed by atoms with Crippen LogP contribution < -0.4 is 11.1 Å². The van der Waals surface area contributed by atoms with E-state index in [0.717, 1.165) is 17.0 Å². The van der Waals surface area contributed by atoms with E-state index in [2.05, 4.69) is 20.3 Å². The van der Waals surface area contributed by atoms with Crippen molar-refractivity contribution >= 4 is 28.2 Å². The summed E-state index contributed by atoms with van der Waals surface area (Å²) < 4.78 is 13.6. The highest BCUT2D eigenvalue weighted by Gasteiger charge is 2.07. The molecule has 0 atom stereocenters. The molecule has 3 N–H and O–H groups in total. The van der Waals surface area contributed by atoms with Crippen LogP contribution in [0.4, 0.5) is 21.8 Å². The lowest BCUT2D eigenvalue weighted by Crippen LogP contribution is -2.02. The fourth-order valence-corrected chi connectivity index (χ4v) is 1.82. The number of nitrogens with two attached hydrogens (primary N) is 1. The molecule has 1 aromatic carbocycles. The van der Waals surface area contributed by atoms with Crippen molar-refractivity contribution in [3.63, 3.8) is 0 Å². The minimum Gasteiger partial charge on any atom is -0.368 e. The van der Waals surface area contributed by atoms with Gasteiger partial charge in [0.25, 0.3) is 0 Å². The Kier molecular flexibility index (Phi) is 2.68. The predicted molar refractivity (Wildman–Crippen MR) is 71.4 cm³/mol. The molecule has 94 valence electrons. The first-order valence-corrected chi connectivity index (χ1v) is 5.62. The first-order chi connectivity index (χ1) is 9.24. The van der Waals surface area contributed by atoms with Gasteiger partial charge in [0, 0.05) is 23.5 Å². The smallest absolute Gasteiger partial charge is 0.222 e. The van der Waals surface area contributed by atoms with E-state index in [0.29, 0.717) is 5.69 Å². The Hall–Kier alpha value is -2.76. The van der Waals surface area contributed by atoms with Gasteiger partial charge >= 0.3 is 0 Å². The number of hydrogen-bond acceptors (Lipinski definition) is 5. The largest absolute Gasteiger partial charge is 0.368 e. The van der Waals surface area contributed by atoms with Crippen LogP contribution in [0.1, 0.15) is 0 Å². The molecule has 0 aliphatic rings. The van der Waals surface area contributed by atoms with Crippen molar-refractivity contribution in [3.8, 4) is 0 Å². The maximum Gasteiger partial charge on any atom is 0.222 e. The van der Waals surface area contributed by atoms with Gasteiger partial charge < -0.3 is 11.1 Å². The van der Waals surface area contributed by atoms with Crippen LogP contribution in [-0.2, 0) is 0 Å². The summed E-state index contributed by atoms with van der Waals surface area (Å²) in [5, 5.41) is 4.79. The van der Waals surface area contributed by atoms with Crippen LogP contribution in [0.2, 0.25) is 0 Å². The molecule has 3 aromatic rings. The second kappa shape index (κ2) is 4.49. The van der Waals surface area contributed by atoms with Crippen molar-refractivity contribution in [3.05, 3.63) is 48.7 Å². The molecule has 0 bridgehead atoms. The van der Waals surface area contributed by atoms with E-state index in [4.69, 9.17) is 5.73 Å². The Bertz CT molecular complexity index is 739. The van der Waals surface area contributed by atoms with Crippen LogP contribution in [0.3, 0.4) is 0 Å². The topological polar surface area (TPSA) is 76.7 Å². The van der Waals surface area contributed by atoms with Gasteiger partial charge in [-0.2, -0.15) is 4.98 Å². The maximum atomic E-state index is 13.6. The van der Waals surface area contributed by atoms with Gasteiger partial charge in [0.15, 0.2) is 11.6 Å². The van der Waals surface area contributed by atoms with E-state index >= 15 is 0 Å². The lowest BCUT2D eigenvalue weighted by Gasteiger charge is -2.09. The average Bonchev–Trinajstić information content (AvgIpc) is 2.43. The van der Waals surface area contributed by atoms with Crippen molar-refractivity contribution in [2.45, 2.75) is 0 Å². The Balaban J connectivity index is 2.08. The summed E-state index contributed by atoms with van der Waals surface area (Å²) >= 11 is 0. The van der Waals surface area contributed by atoms with Gasteiger partial charge in [-0.05, 0) is 17.5 Å². The van der Waals surface area contributed by atoms with Crippen LogP contribution in [0, 0.1) is 5.82 Å². The SMILES string of the molecule is Nc1ncc(F)c(Nc2cccc3ccncc23)n1. The normalized spacial score (nSPS) is 10.6. The number of benzene rings is 1. The third kappa shape index (κ3) is 2.15. The number of nitrogen functional groups attached to an aromatic ring is 1. The minimum absolute atomic E-state index is 0.0160. The summed E-state index contributed by atoms with van der Waals surface area (Å²) in [6.07, 6.45) is 4.45. The van der Waals surface area contributed by atoms with Crippen LogP contribution in [0.25, 0.3) is 10.8 Å². The Morgan fingerprint density at radius 2 is 2.05 bits per heavy atom. The lowest BCUT2D eigenvalue weighted by atomic mass is 10.1. The number of hydrogen-bond donors (Lipinski definition) is 2. The van der Waals surface area contributed by atoms with Crippen molar-refractivity contribution < 1.29 is 4.39 Å². The Morgan fingerprint density at radius 1 is 1.16 bits per heavy atom. The van der Waals surface area contributed by atoms with Gasteiger partial charge in [-0.3, -0.25) is 4.98 Å². The fraction of sp³-hybridized carbons (Fsp3) is 0. The number of halogens is 1. The third-order valence-electron chi connectivity index (χ3n) is 2.70. The zero-order valence-corrected chi connectivity index (χ0v) is 9.84. The van der Waals surface area contributed by atoms with Crippen molar-refractivity contribution in [1.29, 1.82) is 0 Å². The zero-order valence-electron chi connectivity index (χ0n) is 9.84. The van der Waals surface area contributed by atoms with Gasteiger partial charge in [0.05, 0.1) is 6.20 Å². The number of aromatic nitrogens is 3. The molecule has 0 saturated carbocycles. The molecule has 0 unspecified atom stereocenters. The summed E-state index contributed by atoms with van der Waals surface area (Å²) in [5.74, 6) is -0.499. The minimum atomic E-state index is -0.560. The highest BCUT2D eigenvalue weighted by atomic mass is 19.1. The highest BCUT2D eigenvalue weighted by Crippen LogP contribution is 2.25. The molecule has 0 amide bonds. The summed E-state index contributed by atoms with van der Waals surface area (Å²) in [7, 11) is 0. The summed E-state index contributed by atoms with van der Waals surface area (Å²) in [6.45, 7) is 0. The second-order valence-electron chi connectivity index (χ2n) is 3.95. The predicted octanol–water partition coefficient (Wildman–Crippen LogP) is 2.49. The van der Waals surface area contributed by atoms with E-state index in [-0.39, 0.29) is 11.8 Å². The quantitative estimate of drug-likeness (QED) is 0.735. The van der Waals surface area contributed by atoms with Crippen molar-refractivity contribution in [2.75, 3.05) is 11.1 Å². The molecule has 19 heavy (non-hydrogen) atoms. The zero-order chi connectivity index (χ0) is 13.2. The van der Waals surface area contributed by atoms with Crippen LogP contribution >= 0.6 is 0 Å². The van der Waals surface area contributed by atoms with E-state index in [1.165, 1.54) is 0 Å². The van der Waals surface area contributed by atoms with Crippen molar-refractivity contribution in [1.82, 2.24) is 15.0 Å². The molecule has 0 saturated heterocycles. The molecule has 2 aromatic heterocycles. The number of nitrogens with zero attached hydrogens (tertiary/aromatic N) is 3. The number of anilines is 3. The Morgan fingerprint density at radius 3 is 2.95 bits per heavy atom. The van der Waals surface area contributed by atoms with E-state index in [1.54, 1.807) is 12.4 Å². The standard InChI is InChI=1S/C13H10FN5/c14-10-7-17-13(15)19-12(10)18-11-3-1-2-8-4-5-16-6-9(8)11/h1-7H,(H3,15,17,18,19). The van der Waals surface area contributed by atoms with Gasteiger partial charge in [-0.15, -0.1) is 0 Å². The molecule has 5 nitrogen and oxygen atoms in total. The molecule has 0 aliphatic carbocycles. The fourth-order valence-electron chi connectivity index (χ4n) is 1.82. The molecule has 0 spiro atoms. The van der Waals surface area contributed by atoms with Gasteiger partial charge in [-0.1, -0.05) is 12.1 Å². The number of rotatable bonds is 2. The third-order valence-corrected chi connectivity index (χ3v) is 2.70. The summed E-state index contributed by atoms with van der Waals surface area (Å²) in [5.41, 5.74) is 6.16. The molecule has 2 heterocycles. The number of fused-ring (bicyclic) bond motifs is 1. The maximum absolute atomic E-state index is 13.6. The van der Waals surface area contributed by atoms with Crippen molar-refractivity contribution in [2.24, 2.45) is 0 Å². The molecule has 0 radical (unpaired) electrons. The molecule has 0 fully saturated rings. The average molecular weight is 255 g/mol. The van der Waals surface area contributed by atoms with Crippen LogP contribution in [0.5, 0.6) is 0 Å². The number of pyridine rings is 1. The molecular weight excluding hydrogens is 245 g/mol. The highest BCUT2D eigenvalue weighted by molar-refractivity contribution is 5.94. The number of nitrogens with one attached hydrogen (secondary N) is 1. The van der Waals surface area contributed by atoms with Crippen LogP contribution in [-0.4, -0.2) is 15.0 Å². The second-order valence-corrected chi connectivity index (χ2v) is 3.95. The van der Waals surface area contributed by atoms with E-state index in [9.17, 15) is 4.39 Å². The monoisotopic (exact) mass is 255 g/mol. The van der Waals surface area contributed by atoms with Gasteiger partial charge in [0.2, 0.25) is 5.95 Å². The van der Waals surface area contributed by atoms with Crippen LogP contribution in [0.15, 0.2) is 42.9 Å². The van der Waals surface area contributed by atoms with Gasteiger partial charge in [0.1, 0.15) is 0 Å². The summed E-state index contributed by atoms with van der Waals surface area (Å²) in [6, 6.07) is 7.52. The van der Waals surface area contributed by atoms with E-state index in [1.807, 2.05) is 24.3 Å². The molecule has 0 aliphatic heterocycles. The van der Waals surface area contributed by atoms with Gasteiger partial charge in [-0.25, -0.2) is 9.37 Å². The summed E-state index contributed by atoms with van der Waals surface area (Å²) in [4.78, 5) is 11.5. The molecular formula is C13H10FN5. The van der Waals surface area contributed by atoms with E-state index < -0.39 is 5.82 Å². The molecule has 3 rings (SSSR count). The Labute approximate surface area is 108 Å². The lowest BCUT2D eigenvalue weighted by molar-refractivity contribution is 0.620. The first kappa shape index (κ1) is 11.3. The first-order valence-electron chi connectivity index (χ1n) is 5.62. The molecule has 6 heteroatoms.